The van der Waals surface area contributed by atoms with Gasteiger partial charge in [-0.3, -0.25) is 14.9 Å². The van der Waals surface area contributed by atoms with E-state index in [1.807, 2.05) is 45.1 Å². The lowest BCUT2D eigenvalue weighted by atomic mass is 10.1. The Morgan fingerprint density at radius 2 is 2.17 bits per heavy atom. The second kappa shape index (κ2) is 8.98. The number of carbonyl (C=O) groups is 1. The molecule has 2 aromatic rings. The molecule has 0 atom stereocenters. The molecule has 0 bridgehead atoms. The zero-order valence-corrected chi connectivity index (χ0v) is 14.4. The summed E-state index contributed by atoms with van der Waals surface area (Å²) < 4.78 is 5.45. The van der Waals surface area contributed by atoms with Crippen LogP contribution in [0, 0.1) is 6.92 Å². The van der Waals surface area contributed by atoms with E-state index in [4.69, 9.17) is 4.74 Å². The number of aromatic nitrogens is 3. The van der Waals surface area contributed by atoms with Gasteiger partial charge in [0.15, 0.2) is 0 Å². The molecule has 0 saturated heterocycles. The van der Waals surface area contributed by atoms with Crippen molar-refractivity contribution in [3.05, 3.63) is 47.0 Å². The van der Waals surface area contributed by atoms with Crippen molar-refractivity contribution in [1.82, 2.24) is 20.5 Å². The fraction of sp³-hybridized carbons (Fsp3) is 0.389. The molecule has 0 unspecified atom stereocenters. The summed E-state index contributed by atoms with van der Waals surface area (Å²) in [4.78, 5) is 16.5. The van der Waals surface area contributed by atoms with Crippen molar-refractivity contribution >= 4 is 18.1 Å². The summed E-state index contributed by atoms with van der Waals surface area (Å²) in [6.07, 6.45) is 8.17. The number of ether oxygens (including phenoxy) is 1. The molecule has 2 rings (SSSR count). The summed E-state index contributed by atoms with van der Waals surface area (Å²) in [5, 5.41) is 9.58. The van der Waals surface area contributed by atoms with Crippen LogP contribution in [0.5, 0.6) is 0 Å². The van der Waals surface area contributed by atoms with Gasteiger partial charge in [0.25, 0.3) is 5.91 Å². The predicted molar refractivity (Wildman–Crippen MR) is 94.5 cm³/mol. The van der Waals surface area contributed by atoms with Crippen molar-refractivity contribution in [2.45, 2.75) is 33.3 Å². The average molecular weight is 328 g/mol. The lowest BCUT2D eigenvalue weighted by Gasteiger charge is -2.08. The van der Waals surface area contributed by atoms with E-state index in [9.17, 15) is 4.79 Å². The van der Waals surface area contributed by atoms with Gasteiger partial charge in [-0.15, -0.1) is 0 Å². The third-order valence-electron chi connectivity index (χ3n) is 3.34. The summed E-state index contributed by atoms with van der Waals surface area (Å²) in [7, 11) is 0. The number of aromatic amines is 1. The van der Waals surface area contributed by atoms with Crippen LogP contribution >= 0.6 is 0 Å². The average Bonchev–Trinajstić information content (AvgIpc) is 3.02. The highest BCUT2D eigenvalue weighted by atomic mass is 16.5. The van der Waals surface area contributed by atoms with E-state index in [1.165, 1.54) is 0 Å². The molecule has 6 nitrogen and oxygen atoms in total. The normalized spacial score (nSPS) is 11.3. The van der Waals surface area contributed by atoms with Crippen LogP contribution in [0.25, 0.3) is 12.2 Å². The van der Waals surface area contributed by atoms with Gasteiger partial charge in [-0.25, -0.2) is 0 Å². The number of pyridine rings is 1. The van der Waals surface area contributed by atoms with E-state index in [0.29, 0.717) is 18.8 Å². The number of nitrogens with zero attached hydrogens (tertiary/aromatic N) is 2. The summed E-state index contributed by atoms with van der Waals surface area (Å²) in [6, 6.07) is 3.93. The van der Waals surface area contributed by atoms with Gasteiger partial charge in [0.05, 0.1) is 12.3 Å². The van der Waals surface area contributed by atoms with E-state index in [2.05, 4.69) is 20.5 Å². The van der Waals surface area contributed by atoms with Crippen LogP contribution in [0.1, 0.15) is 47.6 Å². The Morgan fingerprint density at radius 1 is 1.33 bits per heavy atom. The first-order valence-corrected chi connectivity index (χ1v) is 8.10. The lowest BCUT2D eigenvalue weighted by Crippen LogP contribution is -2.26. The van der Waals surface area contributed by atoms with E-state index in [1.54, 1.807) is 12.4 Å². The van der Waals surface area contributed by atoms with Crippen LogP contribution < -0.4 is 5.32 Å². The monoisotopic (exact) mass is 328 g/mol. The van der Waals surface area contributed by atoms with Crippen molar-refractivity contribution in [2.24, 2.45) is 0 Å². The van der Waals surface area contributed by atoms with Crippen LogP contribution in [0.4, 0.5) is 0 Å². The minimum Gasteiger partial charge on any atom is -0.379 e. The number of hydrogen-bond donors (Lipinski definition) is 2. The van der Waals surface area contributed by atoms with Crippen LogP contribution in [0.2, 0.25) is 0 Å². The third kappa shape index (κ3) is 5.62. The Hall–Kier alpha value is -2.47. The quantitative estimate of drug-likeness (QED) is 0.730. The minimum absolute atomic E-state index is 0.168. The topological polar surface area (TPSA) is 79.9 Å². The SMILES string of the molecule is Cc1ccc(/C=C/c2cn[nH]c2C(=O)NCCCOC(C)C)cn1. The fourth-order valence-corrected chi connectivity index (χ4v) is 2.05. The largest absolute Gasteiger partial charge is 0.379 e. The highest BCUT2D eigenvalue weighted by Crippen LogP contribution is 2.11. The molecule has 0 radical (unpaired) electrons. The second-order valence-corrected chi connectivity index (χ2v) is 5.80. The molecule has 0 spiro atoms. The Morgan fingerprint density at radius 3 is 2.88 bits per heavy atom. The van der Waals surface area contributed by atoms with Crippen molar-refractivity contribution in [3.8, 4) is 0 Å². The molecular weight excluding hydrogens is 304 g/mol. The highest BCUT2D eigenvalue weighted by Gasteiger charge is 2.11. The molecule has 0 aliphatic rings. The van der Waals surface area contributed by atoms with Crippen LogP contribution in [-0.2, 0) is 4.74 Å². The molecule has 0 aliphatic carbocycles. The molecule has 0 aromatic carbocycles. The number of H-pyrrole nitrogens is 1. The second-order valence-electron chi connectivity index (χ2n) is 5.80. The van der Waals surface area contributed by atoms with Crippen molar-refractivity contribution in [2.75, 3.05) is 13.2 Å². The standard InChI is InChI=1S/C18H24N4O2/c1-13(2)24-10-4-9-19-18(23)17-16(12-21-22-17)8-7-15-6-5-14(3)20-11-15/h5-8,11-13H,4,9-10H2,1-3H3,(H,19,23)(H,21,22)/b8-7+. The first-order valence-electron chi connectivity index (χ1n) is 8.10. The summed E-state index contributed by atoms with van der Waals surface area (Å²) in [5.41, 5.74) is 3.14. The van der Waals surface area contributed by atoms with Gasteiger partial charge in [-0.1, -0.05) is 18.2 Å². The number of carbonyl (C=O) groups excluding carboxylic acids is 1. The van der Waals surface area contributed by atoms with Crippen LogP contribution in [0.15, 0.2) is 24.5 Å². The number of rotatable bonds is 8. The van der Waals surface area contributed by atoms with Gasteiger partial charge in [0.1, 0.15) is 5.69 Å². The van der Waals surface area contributed by atoms with Gasteiger partial charge in [0, 0.05) is 30.6 Å². The van der Waals surface area contributed by atoms with Crippen molar-refractivity contribution in [3.63, 3.8) is 0 Å². The minimum atomic E-state index is -0.168. The van der Waals surface area contributed by atoms with Gasteiger partial charge in [-0.05, 0) is 38.8 Å². The Bertz CT molecular complexity index is 675. The molecular formula is C18H24N4O2. The Kier molecular flexibility index (Phi) is 6.69. The maximum absolute atomic E-state index is 12.2. The molecule has 0 aliphatic heterocycles. The molecule has 24 heavy (non-hydrogen) atoms. The summed E-state index contributed by atoms with van der Waals surface area (Å²) >= 11 is 0. The third-order valence-corrected chi connectivity index (χ3v) is 3.34. The maximum Gasteiger partial charge on any atom is 0.269 e. The molecule has 2 aromatic heterocycles. The van der Waals surface area contributed by atoms with E-state index in [0.717, 1.165) is 23.2 Å². The van der Waals surface area contributed by atoms with Gasteiger partial charge in [0.2, 0.25) is 0 Å². The van der Waals surface area contributed by atoms with Crippen LogP contribution in [-0.4, -0.2) is 40.3 Å². The number of nitrogens with one attached hydrogen (secondary N) is 2. The predicted octanol–water partition coefficient (Wildman–Crippen LogP) is 2.83. The number of hydrogen-bond acceptors (Lipinski definition) is 4. The molecule has 6 heteroatoms. The van der Waals surface area contributed by atoms with E-state index in [-0.39, 0.29) is 12.0 Å². The molecule has 2 N–H and O–H groups in total. The summed E-state index contributed by atoms with van der Waals surface area (Å²) in [5.74, 6) is -0.168. The van der Waals surface area contributed by atoms with Gasteiger partial charge < -0.3 is 10.1 Å². The molecule has 2 heterocycles. The number of aryl methyl sites for hydroxylation is 1. The zero-order chi connectivity index (χ0) is 17.4. The van der Waals surface area contributed by atoms with Crippen LogP contribution in [0.3, 0.4) is 0 Å². The summed E-state index contributed by atoms with van der Waals surface area (Å²) in [6.45, 7) is 7.12. The smallest absolute Gasteiger partial charge is 0.269 e. The fourth-order valence-electron chi connectivity index (χ4n) is 2.05. The van der Waals surface area contributed by atoms with Crippen molar-refractivity contribution < 1.29 is 9.53 Å². The maximum atomic E-state index is 12.2. The van der Waals surface area contributed by atoms with E-state index >= 15 is 0 Å². The van der Waals surface area contributed by atoms with Gasteiger partial charge >= 0.3 is 0 Å². The molecule has 1 amide bonds. The Labute approximate surface area is 142 Å². The first-order chi connectivity index (χ1) is 11.6. The molecule has 0 fully saturated rings. The lowest BCUT2D eigenvalue weighted by molar-refractivity contribution is 0.0756. The Balaban J connectivity index is 1.89. The zero-order valence-electron chi connectivity index (χ0n) is 14.4. The number of amides is 1. The van der Waals surface area contributed by atoms with Gasteiger partial charge in [-0.2, -0.15) is 5.10 Å². The van der Waals surface area contributed by atoms with Crippen molar-refractivity contribution in [1.29, 1.82) is 0 Å². The molecule has 0 saturated carbocycles. The van der Waals surface area contributed by atoms with E-state index < -0.39 is 0 Å². The molecule has 128 valence electrons. The first kappa shape index (κ1) is 17.9. The highest BCUT2D eigenvalue weighted by molar-refractivity contribution is 5.96.